The van der Waals surface area contributed by atoms with Crippen molar-refractivity contribution < 1.29 is 18.3 Å². The van der Waals surface area contributed by atoms with Gasteiger partial charge in [-0.1, -0.05) is 18.2 Å². The molecule has 3 rings (SSSR count). The first kappa shape index (κ1) is 17.7. The lowest BCUT2D eigenvalue weighted by Gasteiger charge is -2.09. The molecule has 0 atom stereocenters. The summed E-state index contributed by atoms with van der Waals surface area (Å²) >= 11 is 0. The van der Waals surface area contributed by atoms with Crippen LogP contribution in [0.15, 0.2) is 63.4 Å². The molecule has 26 heavy (non-hydrogen) atoms. The molecule has 1 aliphatic rings. The molecule has 0 radical (unpaired) electrons. The fourth-order valence-corrected chi connectivity index (χ4v) is 3.75. The third kappa shape index (κ3) is 3.31. The lowest BCUT2D eigenvalue weighted by atomic mass is 10.1. The number of aromatic hydroxyl groups is 1. The quantitative estimate of drug-likeness (QED) is 0.477. The zero-order valence-electron chi connectivity index (χ0n) is 14.0. The Labute approximate surface area is 151 Å². The molecule has 0 saturated carbocycles. The van der Waals surface area contributed by atoms with Gasteiger partial charge in [-0.15, -0.1) is 11.0 Å². The van der Waals surface area contributed by atoms with E-state index in [-0.39, 0.29) is 16.5 Å². The van der Waals surface area contributed by atoms with E-state index in [1.165, 1.54) is 19.4 Å². The van der Waals surface area contributed by atoms with Crippen LogP contribution >= 0.6 is 0 Å². The van der Waals surface area contributed by atoms with E-state index < -0.39 is 10.0 Å². The highest BCUT2D eigenvalue weighted by molar-refractivity contribution is 7.90. The number of phenols is 1. The number of hydrazone groups is 1. The zero-order valence-corrected chi connectivity index (χ0v) is 14.8. The molecular formula is C18H17N3O4S. The molecule has 0 bridgehead atoms. The summed E-state index contributed by atoms with van der Waals surface area (Å²) in [6.45, 7) is 3.69. The lowest BCUT2D eigenvalue weighted by molar-refractivity contribution is 0.372. The second-order valence-electron chi connectivity index (χ2n) is 5.51. The number of methoxy groups -OCH3 is 1. The van der Waals surface area contributed by atoms with Crippen molar-refractivity contribution >= 4 is 22.1 Å². The molecule has 8 heteroatoms. The first-order valence-electron chi connectivity index (χ1n) is 7.70. The minimum atomic E-state index is -3.71. The SMILES string of the molecule is C=CCc1cc(C=NNC2=NS(=O)(=O)c3ccccc32)c(O)c(OC)c1. The van der Waals surface area contributed by atoms with Crippen LogP contribution in [-0.2, 0) is 16.4 Å². The molecule has 2 aromatic rings. The average molecular weight is 371 g/mol. The molecular weight excluding hydrogens is 354 g/mol. The van der Waals surface area contributed by atoms with Crippen LogP contribution in [0.3, 0.4) is 0 Å². The number of hydrogen-bond acceptors (Lipinski definition) is 6. The monoisotopic (exact) mass is 371 g/mol. The number of nitrogens with one attached hydrogen (secondary N) is 1. The van der Waals surface area contributed by atoms with Crippen LogP contribution in [0, 0.1) is 0 Å². The van der Waals surface area contributed by atoms with Crippen molar-refractivity contribution in [3.05, 3.63) is 65.7 Å². The summed E-state index contributed by atoms with van der Waals surface area (Å²) < 4.78 is 32.9. The molecule has 0 aromatic heterocycles. The van der Waals surface area contributed by atoms with Crippen LogP contribution in [0.25, 0.3) is 0 Å². The summed E-state index contributed by atoms with van der Waals surface area (Å²) in [6.07, 6.45) is 3.71. The second-order valence-corrected chi connectivity index (χ2v) is 7.08. The first-order valence-corrected chi connectivity index (χ1v) is 9.14. The highest BCUT2D eigenvalue weighted by atomic mass is 32.2. The van der Waals surface area contributed by atoms with E-state index in [2.05, 4.69) is 21.5 Å². The van der Waals surface area contributed by atoms with E-state index in [1.54, 1.807) is 36.4 Å². The number of rotatable bonds is 5. The van der Waals surface area contributed by atoms with E-state index in [0.717, 1.165) is 5.56 Å². The summed E-state index contributed by atoms with van der Waals surface area (Å²) in [5.41, 5.74) is 4.39. The maximum atomic E-state index is 12.0. The normalized spacial score (nSPS) is 14.7. The maximum Gasteiger partial charge on any atom is 0.285 e. The van der Waals surface area contributed by atoms with Crippen LogP contribution < -0.4 is 10.2 Å². The van der Waals surface area contributed by atoms with Crippen molar-refractivity contribution in [1.82, 2.24) is 5.43 Å². The van der Waals surface area contributed by atoms with Gasteiger partial charge >= 0.3 is 0 Å². The van der Waals surface area contributed by atoms with Crippen LogP contribution in [0.5, 0.6) is 11.5 Å². The van der Waals surface area contributed by atoms with Gasteiger partial charge < -0.3 is 9.84 Å². The number of sulfonamides is 1. The minimum absolute atomic E-state index is 0.0627. The molecule has 0 spiro atoms. The van der Waals surface area contributed by atoms with Crippen LogP contribution in [0.1, 0.15) is 16.7 Å². The minimum Gasteiger partial charge on any atom is -0.504 e. The number of nitrogens with zero attached hydrogens (tertiary/aromatic N) is 2. The van der Waals surface area contributed by atoms with Crippen molar-refractivity contribution in [2.75, 3.05) is 7.11 Å². The van der Waals surface area contributed by atoms with Gasteiger partial charge in [-0.25, -0.2) is 0 Å². The maximum absolute atomic E-state index is 12.0. The number of benzene rings is 2. The first-order chi connectivity index (χ1) is 12.5. The van der Waals surface area contributed by atoms with Crippen molar-refractivity contribution in [3.63, 3.8) is 0 Å². The smallest absolute Gasteiger partial charge is 0.285 e. The Kier molecular flexibility index (Phi) is 4.77. The highest BCUT2D eigenvalue weighted by Gasteiger charge is 2.28. The van der Waals surface area contributed by atoms with Crippen molar-refractivity contribution in [3.8, 4) is 11.5 Å². The molecule has 2 N–H and O–H groups in total. The van der Waals surface area contributed by atoms with Gasteiger partial charge in [0, 0.05) is 11.1 Å². The van der Waals surface area contributed by atoms with Crippen LogP contribution in [-0.4, -0.2) is 32.7 Å². The van der Waals surface area contributed by atoms with Gasteiger partial charge in [0.05, 0.1) is 13.3 Å². The highest BCUT2D eigenvalue weighted by Crippen LogP contribution is 2.31. The predicted molar refractivity (Wildman–Crippen MR) is 99.5 cm³/mol. The Morgan fingerprint density at radius 1 is 1.35 bits per heavy atom. The van der Waals surface area contributed by atoms with E-state index in [4.69, 9.17) is 4.74 Å². The fraction of sp³-hybridized carbons (Fsp3) is 0.111. The molecule has 1 aliphatic heterocycles. The van der Waals surface area contributed by atoms with Gasteiger partial charge in [-0.05, 0) is 36.2 Å². The van der Waals surface area contributed by atoms with Gasteiger partial charge in [0.15, 0.2) is 17.3 Å². The molecule has 0 amide bonds. The summed E-state index contributed by atoms with van der Waals surface area (Å²) in [7, 11) is -2.25. The van der Waals surface area contributed by atoms with E-state index >= 15 is 0 Å². The third-order valence-corrected chi connectivity index (χ3v) is 5.10. The number of ether oxygens (including phenoxy) is 1. The number of allylic oxidation sites excluding steroid dienone is 1. The Morgan fingerprint density at radius 2 is 2.12 bits per heavy atom. The van der Waals surface area contributed by atoms with Crippen molar-refractivity contribution in [2.45, 2.75) is 11.3 Å². The van der Waals surface area contributed by atoms with Crippen molar-refractivity contribution in [1.29, 1.82) is 0 Å². The fourth-order valence-electron chi connectivity index (χ4n) is 2.58. The molecule has 0 fully saturated rings. The van der Waals surface area contributed by atoms with Crippen LogP contribution in [0.4, 0.5) is 0 Å². The van der Waals surface area contributed by atoms with Gasteiger partial charge in [0.25, 0.3) is 10.0 Å². The summed E-state index contributed by atoms with van der Waals surface area (Å²) in [4.78, 5) is 0.134. The number of amidine groups is 1. The number of hydrogen-bond donors (Lipinski definition) is 2. The summed E-state index contributed by atoms with van der Waals surface area (Å²) in [6, 6.07) is 9.94. The average Bonchev–Trinajstić information content (AvgIpc) is 2.88. The molecule has 0 saturated heterocycles. The van der Waals surface area contributed by atoms with Gasteiger partial charge in [0.1, 0.15) is 4.90 Å². The molecule has 2 aromatic carbocycles. The van der Waals surface area contributed by atoms with Gasteiger partial charge in [-0.2, -0.15) is 13.5 Å². The standard InChI is InChI=1S/C18H17N3O4S/c1-3-6-12-9-13(17(22)15(10-12)25-2)11-19-20-18-14-7-4-5-8-16(14)26(23,24)21-18/h3-5,7-11,22H,1,6H2,2H3,(H,20,21). The Hall–Kier alpha value is -3.13. The number of phenolic OH excluding ortho intramolecular Hbond substituents is 1. The van der Waals surface area contributed by atoms with Gasteiger partial charge in [0.2, 0.25) is 0 Å². The Balaban J connectivity index is 1.88. The van der Waals surface area contributed by atoms with Crippen LogP contribution in [0.2, 0.25) is 0 Å². The molecule has 1 heterocycles. The van der Waals surface area contributed by atoms with E-state index in [9.17, 15) is 13.5 Å². The molecule has 0 aliphatic carbocycles. The van der Waals surface area contributed by atoms with E-state index in [0.29, 0.717) is 23.3 Å². The molecule has 134 valence electrons. The topological polar surface area (TPSA) is 100 Å². The number of fused-ring (bicyclic) bond motifs is 1. The Morgan fingerprint density at radius 3 is 2.85 bits per heavy atom. The van der Waals surface area contributed by atoms with Gasteiger partial charge in [-0.3, -0.25) is 5.43 Å². The van der Waals surface area contributed by atoms with E-state index in [1.807, 2.05) is 0 Å². The Bertz CT molecular complexity index is 1030. The molecule has 7 nitrogen and oxygen atoms in total. The largest absolute Gasteiger partial charge is 0.504 e. The predicted octanol–water partition coefficient (Wildman–Crippen LogP) is 2.20. The summed E-state index contributed by atoms with van der Waals surface area (Å²) in [5, 5.41) is 14.2. The molecule has 0 unspecified atom stereocenters. The third-order valence-electron chi connectivity index (χ3n) is 3.77. The summed E-state index contributed by atoms with van der Waals surface area (Å²) in [5.74, 6) is 0.384. The lowest BCUT2D eigenvalue weighted by Crippen LogP contribution is -2.17. The second kappa shape index (κ2) is 7.01. The zero-order chi connectivity index (χ0) is 18.7. The van der Waals surface area contributed by atoms with Crippen molar-refractivity contribution in [2.24, 2.45) is 9.50 Å².